The first-order valence-electron chi connectivity index (χ1n) is 3.52. The van der Waals surface area contributed by atoms with E-state index in [2.05, 4.69) is 20.9 Å². The summed E-state index contributed by atoms with van der Waals surface area (Å²) in [5.74, 6) is 0. The van der Waals surface area contributed by atoms with Crippen molar-refractivity contribution in [1.82, 2.24) is 4.98 Å². The molecule has 0 aliphatic rings. The fourth-order valence-corrected chi connectivity index (χ4v) is 1.57. The molecule has 0 amide bonds. The average Bonchev–Trinajstić information content (AvgIpc) is 2.02. The molecule has 0 unspecified atom stereocenters. The van der Waals surface area contributed by atoms with Crippen molar-refractivity contribution >= 4 is 21.6 Å². The van der Waals surface area contributed by atoms with Gasteiger partial charge in [0, 0.05) is 6.20 Å². The zero-order valence-corrected chi connectivity index (χ0v) is 8.59. The second-order valence-corrected chi connectivity index (χ2v) is 3.38. The van der Waals surface area contributed by atoms with Crippen molar-refractivity contribution in [1.29, 1.82) is 0 Å². The van der Waals surface area contributed by atoms with Crippen molar-refractivity contribution in [2.45, 2.75) is 13.3 Å². The van der Waals surface area contributed by atoms with Crippen LogP contribution in [0, 0.1) is 17.0 Å². The van der Waals surface area contributed by atoms with E-state index in [0.717, 1.165) is 6.20 Å². The van der Waals surface area contributed by atoms with Crippen LogP contribution in [0.2, 0.25) is 0 Å². The van der Waals surface area contributed by atoms with Crippen LogP contribution in [-0.2, 0) is 0 Å². The summed E-state index contributed by atoms with van der Waals surface area (Å²) in [7, 11) is 0. The third-order valence-electron chi connectivity index (χ3n) is 1.67. The van der Waals surface area contributed by atoms with Crippen molar-refractivity contribution < 1.29 is 13.7 Å². The van der Waals surface area contributed by atoms with Crippen LogP contribution in [0.1, 0.15) is 17.7 Å². The number of hydrogen-bond donors (Lipinski definition) is 0. The molecule has 0 aliphatic heterocycles. The molecule has 0 saturated carbocycles. The molecule has 1 aromatic rings. The standard InChI is InChI=1S/C7H5BrF2N2O2/c1-3-5(7(9)10)11-2-4(8)6(3)12(13)14/h2,7H,1H3. The average molecular weight is 267 g/mol. The van der Waals surface area contributed by atoms with Gasteiger partial charge in [-0.25, -0.2) is 8.78 Å². The number of halogens is 3. The van der Waals surface area contributed by atoms with E-state index in [0.29, 0.717) is 0 Å². The fraction of sp³-hybridized carbons (Fsp3) is 0.286. The Labute approximate surface area is 86.2 Å². The van der Waals surface area contributed by atoms with E-state index in [1.54, 1.807) is 0 Å². The van der Waals surface area contributed by atoms with E-state index in [9.17, 15) is 18.9 Å². The summed E-state index contributed by atoms with van der Waals surface area (Å²) in [5, 5.41) is 10.5. The van der Waals surface area contributed by atoms with Crippen molar-refractivity contribution in [2.75, 3.05) is 0 Å². The number of pyridine rings is 1. The Morgan fingerprint density at radius 2 is 2.21 bits per heavy atom. The first-order chi connectivity index (χ1) is 6.45. The molecule has 7 heteroatoms. The van der Waals surface area contributed by atoms with Gasteiger partial charge in [0.05, 0.1) is 10.5 Å². The molecule has 0 spiro atoms. The van der Waals surface area contributed by atoms with E-state index >= 15 is 0 Å². The molecule has 1 aromatic heterocycles. The van der Waals surface area contributed by atoms with Gasteiger partial charge in [0.2, 0.25) is 0 Å². The maximum atomic E-state index is 12.3. The normalized spacial score (nSPS) is 10.6. The van der Waals surface area contributed by atoms with Gasteiger partial charge in [-0.15, -0.1) is 0 Å². The third-order valence-corrected chi connectivity index (χ3v) is 2.25. The fourth-order valence-electron chi connectivity index (χ4n) is 1.03. The lowest BCUT2D eigenvalue weighted by Gasteiger charge is -2.04. The lowest BCUT2D eigenvalue weighted by atomic mass is 10.2. The minimum atomic E-state index is -2.80. The largest absolute Gasteiger partial charge is 0.289 e. The Bertz CT molecular complexity index is 384. The summed E-state index contributed by atoms with van der Waals surface area (Å²) in [4.78, 5) is 13.2. The molecule has 0 N–H and O–H groups in total. The molecule has 0 radical (unpaired) electrons. The number of alkyl halides is 2. The minimum absolute atomic E-state index is 0.101. The first-order valence-corrected chi connectivity index (χ1v) is 4.32. The molecule has 0 aromatic carbocycles. The number of nitro groups is 1. The molecule has 4 nitrogen and oxygen atoms in total. The lowest BCUT2D eigenvalue weighted by Crippen LogP contribution is -2.00. The van der Waals surface area contributed by atoms with Gasteiger partial charge >= 0.3 is 0 Å². The van der Waals surface area contributed by atoms with Crippen LogP contribution in [0.4, 0.5) is 14.5 Å². The molecule has 0 atom stereocenters. The Balaban J connectivity index is 3.41. The van der Waals surface area contributed by atoms with Gasteiger partial charge in [0.15, 0.2) is 0 Å². The van der Waals surface area contributed by atoms with Crippen molar-refractivity contribution in [3.63, 3.8) is 0 Å². The van der Waals surface area contributed by atoms with Gasteiger partial charge in [0.25, 0.3) is 12.1 Å². The maximum absolute atomic E-state index is 12.3. The molecular formula is C7H5BrF2N2O2. The van der Waals surface area contributed by atoms with E-state index in [-0.39, 0.29) is 15.7 Å². The Kier molecular flexibility index (Phi) is 3.10. The zero-order chi connectivity index (χ0) is 10.9. The van der Waals surface area contributed by atoms with Crippen LogP contribution in [0.15, 0.2) is 10.7 Å². The van der Waals surface area contributed by atoms with Crippen LogP contribution in [0.25, 0.3) is 0 Å². The summed E-state index contributed by atoms with van der Waals surface area (Å²) in [5.41, 5.74) is -1.03. The van der Waals surface area contributed by atoms with Crippen LogP contribution < -0.4 is 0 Å². The van der Waals surface area contributed by atoms with Crippen molar-refractivity contribution in [3.05, 3.63) is 32.0 Å². The van der Waals surface area contributed by atoms with Crippen LogP contribution >= 0.6 is 15.9 Å². The van der Waals surface area contributed by atoms with E-state index in [1.165, 1.54) is 6.92 Å². The van der Waals surface area contributed by atoms with Crippen LogP contribution in [0.5, 0.6) is 0 Å². The molecule has 0 fully saturated rings. The van der Waals surface area contributed by atoms with Gasteiger partial charge < -0.3 is 0 Å². The topological polar surface area (TPSA) is 56.0 Å². The summed E-state index contributed by atoms with van der Waals surface area (Å²) in [6.07, 6.45) is -1.80. The van der Waals surface area contributed by atoms with Crippen molar-refractivity contribution in [3.8, 4) is 0 Å². The SMILES string of the molecule is Cc1c(C(F)F)ncc(Br)c1[N+](=O)[O-]. The van der Waals surface area contributed by atoms with Gasteiger partial charge in [0.1, 0.15) is 10.2 Å². The van der Waals surface area contributed by atoms with E-state index in [1.807, 2.05) is 0 Å². The van der Waals surface area contributed by atoms with Gasteiger partial charge in [-0.3, -0.25) is 15.1 Å². The number of rotatable bonds is 2. The maximum Gasteiger partial charge on any atom is 0.289 e. The van der Waals surface area contributed by atoms with Crippen LogP contribution in [0.3, 0.4) is 0 Å². The Morgan fingerprint density at radius 1 is 1.64 bits per heavy atom. The predicted octanol–water partition coefficient (Wildman–Crippen LogP) is 3.00. The van der Waals surface area contributed by atoms with Crippen molar-refractivity contribution in [2.24, 2.45) is 0 Å². The summed E-state index contributed by atoms with van der Waals surface area (Å²) in [6, 6.07) is 0. The zero-order valence-electron chi connectivity index (χ0n) is 7.00. The Morgan fingerprint density at radius 3 is 2.64 bits per heavy atom. The second-order valence-electron chi connectivity index (χ2n) is 2.52. The molecule has 0 aliphatic carbocycles. The lowest BCUT2D eigenvalue weighted by molar-refractivity contribution is -0.386. The highest BCUT2D eigenvalue weighted by Gasteiger charge is 2.23. The smallest absolute Gasteiger partial charge is 0.258 e. The van der Waals surface area contributed by atoms with E-state index in [4.69, 9.17) is 0 Å². The van der Waals surface area contributed by atoms with Gasteiger partial charge in [-0.2, -0.15) is 0 Å². The summed E-state index contributed by atoms with van der Waals surface area (Å²) in [6.45, 7) is 1.25. The summed E-state index contributed by atoms with van der Waals surface area (Å²) >= 11 is 2.88. The first kappa shape index (κ1) is 11.0. The third kappa shape index (κ3) is 1.87. The quantitative estimate of drug-likeness (QED) is 0.611. The molecule has 76 valence electrons. The highest BCUT2D eigenvalue weighted by Crippen LogP contribution is 2.32. The predicted molar refractivity (Wildman–Crippen MR) is 48.3 cm³/mol. The van der Waals surface area contributed by atoms with Gasteiger partial charge in [-0.05, 0) is 22.9 Å². The molecule has 1 heterocycles. The minimum Gasteiger partial charge on any atom is -0.258 e. The van der Waals surface area contributed by atoms with Gasteiger partial charge in [-0.1, -0.05) is 0 Å². The molecule has 0 bridgehead atoms. The second kappa shape index (κ2) is 3.95. The highest BCUT2D eigenvalue weighted by atomic mass is 79.9. The highest BCUT2D eigenvalue weighted by molar-refractivity contribution is 9.10. The number of aromatic nitrogens is 1. The number of nitrogens with zero attached hydrogens (tertiary/aromatic N) is 2. The molecule has 1 rings (SSSR count). The number of hydrogen-bond acceptors (Lipinski definition) is 3. The molecule has 0 saturated heterocycles. The van der Waals surface area contributed by atoms with E-state index < -0.39 is 17.0 Å². The monoisotopic (exact) mass is 266 g/mol. The summed E-state index contributed by atoms with van der Waals surface area (Å²) < 4.78 is 24.7. The molecular weight excluding hydrogens is 262 g/mol. The Hall–Kier alpha value is -1.11. The van der Waals surface area contributed by atoms with Crippen LogP contribution in [-0.4, -0.2) is 9.91 Å². The molecule has 14 heavy (non-hydrogen) atoms.